The van der Waals surface area contributed by atoms with Crippen LogP contribution in [0.2, 0.25) is 0 Å². The molecule has 4 rings (SSSR count). The van der Waals surface area contributed by atoms with Crippen molar-refractivity contribution in [2.75, 3.05) is 36.9 Å². The maximum Gasteiger partial charge on any atom is 0.291 e. The molecule has 0 spiro atoms. The quantitative estimate of drug-likeness (QED) is 0.265. The van der Waals surface area contributed by atoms with E-state index in [9.17, 15) is 24.5 Å². The molecule has 0 amide bonds. The molecule has 0 saturated carbocycles. The van der Waals surface area contributed by atoms with Gasteiger partial charge in [0.15, 0.2) is 5.65 Å². The van der Waals surface area contributed by atoms with Crippen molar-refractivity contribution in [1.29, 1.82) is 0 Å². The molecule has 5 N–H and O–H groups in total. The molecule has 0 aliphatic rings. The van der Waals surface area contributed by atoms with E-state index >= 15 is 0 Å². The number of hydrogen-bond donors (Lipinski definition) is 4. The summed E-state index contributed by atoms with van der Waals surface area (Å²) in [4.78, 5) is 23.8. The molecule has 0 radical (unpaired) electrons. The zero-order valence-electron chi connectivity index (χ0n) is 21.6. The summed E-state index contributed by atoms with van der Waals surface area (Å²) in [5, 5.41) is 38.8. The Bertz CT molecular complexity index is 1500. The van der Waals surface area contributed by atoms with E-state index in [-0.39, 0.29) is 54.8 Å². The number of nitrogen functional groups attached to an aromatic ring is 1. The van der Waals surface area contributed by atoms with Crippen molar-refractivity contribution >= 4 is 22.5 Å². The minimum Gasteiger partial charge on any atom is -0.508 e. The maximum atomic E-state index is 14.2. The molecule has 3 aromatic heterocycles. The molecule has 38 heavy (non-hydrogen) atoms. The van der Waals surface area contributed by atoms with E-state index in [2.05, 4.69) is 20.2 Å². The summed E-state index contributed by atoms with van der Waals surface area (Å²) in [5.41, 5.74) is 6.71. The summed E-state index contributed by atoms with van der Waals surface area (Å²) >= 11 is 0. The number of aliphatic hydroxyl groups excluding tert-OH is 2. The summed E-state index contributed by atoms with van der Waals surface area (Å²) in [6, 6.07) is 2.90. The number of anilines is 2. The number of benzene rings is 1. The third-order valence-electron chi connectivity index (χ3n) is 6.16. The highest BCUT2D eigenvalue weighted by atomic mass is 19.1. The minimum absolute atomic E-state index is 0.104. The van der Waals surface area contributed by atoms with Crippen LogP contribution < -0.4 is 16.2 Å². The predicted molar refractivity (Wildman–Crippen MR) is 140 cm³/mol. The highest BCUT2D eigenvalue weighted by molar-refractivity contribution is 5.98. The second-order valence-electron chi connectivity index (χ2n) is 9.90. The van der Waals surface area contributed by atoms with E-state index in [4.69, 9.17) is 5.73 Å². The summed E-state index contributed by atoms with van der Waals surface area (Å²) in [7, 11) is 0. The molecule has 0 bridgehead atoms. The lowest BCUT2D eigenvalue weighted by atomic mass is 10.1. The topological polar surface area (TPSA) is 168 Å². The first-order valence-electron chi connectivity index (χ1n) is 12.1. The lowest BCUT2D eigenvalue weighted by Crippen LogP contribution is -2.42. The van der Waals surface area contributed by atoms with Gasteiger partial charge in [-0.2, -0.15) is 10.2 Å². The van der Waals surface area contributed by atoms with Crippen molar-refractivity contribution in [2.45, 2.75) is 39.3 Å². The monoisotopic (exact) mass is 526 g/mol. The van der Waals surface area contributed by atoms with Crippen LogP contribution in [0.1, 0.15) is 39.3 Å². The van der Waals surface area contributed by atoms with Gasteiger partial charge in [-0.05, 0) is 39.8 Å². The number of aromatic hydroxyl groups is 1. The average molecular weight is 527 g/mol. The van der Waals surface area contributed by atoms with Crippen LogP contribution in [-0.4, -0.2) is 71.2 Å². The number of nitrogens with zero attached hydrogens (tertiary/aromatic N) is 7. The van der Waals surface area contributed by atoms with Gasteiger partial charge in [0.2, 0.25) is 0 Å². The molecule has 1 aromatic carbocycles. The highest BCUT2D eigenvalue weighted by Gasteiger charge is 2.29. The molecular formula is C25H31FN8O4. The van der Waals surface area contributed by atoms with Gasteiger partial charge in [0.25, 0.3) is 5.56 Å². The van der Waals surface area contributed by atoms with Crippen LogP contribution in [0.3, 0.4) is 0 Å². The third-order valence-corrected chi connectivity index (χ3v) is 6.16. The molecule has 0 aliphatic carbocycles. The van der Waals surface area contributed by atoms with E-state index in [0.717, 1.165) is 6.07 Å². The first kappa shape index (κ1) is 26.9. The first-order chi connectivity index (χ1) is 18.0. The number of rotatable bonds is 8. The Labute approximate surface area is 217 Å². The summed E-state index contributed by atoms with van der Waals surface area (Å²) in [6.45, 7) is 7.04. The number of phenolic OH excluding ortho intramolecular Hbond substituents is 1. The van der Waals surface area contributed by atoms with Crippen molar-refractivity contribution in [3.05, 3.63) is 52.5 Å². The van der Waals surface area contributed by atoms with Crippen LogP contribution in [0, 0.1) is 5.82 Å². The van der Waals surface area contributed by atoms with E-state index in [1.165, 1.54) is 27.8 Å². The summed E-state index contributed by atoms with van der Waals surface area (Å²) < 4.78 is 17.0. The zero-order valence-corrected chi connectivity index (χ0v) is 21.6. The molecule has 0 fully saturated rings. The van der Waals surface area contributed by atoms with Gasteiger partial charge < -0.3 is 26.0 Å². The minimum atomic E-state index is -0.660. The number of aliphatic hydroxyl groups is 2. The maximum absolute atomic E-state index is 14.2. The number of fused-ring (bicyclic) bond motifs is 1. The Balaban J connectivity index is 1.99. The molecule has 1 unspecified atom stereocenters. The number of aromatic nitrogens is 6. The van der Waals surface area contributed by atoms with Gasteiger partial charge in [0.05, 0.1) is 36.4 Å². The average Bonchev–Trinajstić information content (AvgIpc) is 3.23. The number of halogens is 1. The van der Waals surface area contributed by atoms with E-state index in [1.807, 2.05) is 20.8 Å². The Morgan fingerprint density at radius 2 is 1.82 bits per heavy atom. The smallest absolute Gasteiger partial charge is 0.291 e. The Morgan fingerprint density at radius 3 is 2.42 bits per heavy atom. The van der Waals surface area contributed by atoms with Crippen LogP contribution in [0.25, 0.3) is 22.3 Å². The van der Waals surface area contributed by atoms with Crippen molar-refractivity contribution in [1.82, 2.24) is 29.5 Å². The largest absolute Gasteiger partial charge is 0.508 e. The standard InChI is InChI=1S/C25H31FN8O4/c1-14(18-12-30-34(25(2,3)4)24(38)21(18)32(5-7-35)6-8-36)33-23-19(22(27)28-13-29-23)20(31-33)15-9-16(26)11-17(37)10-15/h9-14,35-37H,5-8H2,1-4H3,(H2,27,28,29). The Morgan fingerprint density at radius 1 is 1.13 bits per heavy atom. The first-order valence-corrected chi connectivity index (χ1v) is 12.1. The number of hydrogen-bond acceptors (Lipinski definition) is 10. The summed E-state index contributed by atoms with van der Waals surface area (Å²) in [6.07, 6.45) is 2.83. The van der Waals surface area contributed by atoms with Gasteiger partial charge in [-0.3, -0.25) is 4.79 Å². The van der Waals surface area contributed by atoms with Crippen molar-refractivity contribution in [3.63, 3.8) is 0 Å². The van der Waals surface area contributed by atoms with Crippen LogP contribution in [-0.2, 0) is 5.54 Å². The molecule has 12 nitrogen and oxygen atoms in total. The fourth-order valence-corrected chi connectivity index (χ4v) is 4.45. The molecule has 3 heterocycles. The number of phenols is 1. The Hall–Kier alpha value is -4.10. The van der Waals surface area contributed by atoms with E-state index in [0.29, 0.717) is 16.6 Å². The molecule has 13 heteroatoms. The fraction of sp³-hybridized carbons (Fsp3) is 0.400. The second-order valence-corrected chi connectivity index (χ2v) is 9.90. The van der Waals surface area contributed by atoms with Gasteiger partial charge in [-0.15, -0.1) is 0 Å². The van der Waals surface area contributed by atoms with Crippen molar-refractivity contribution < 1.29 is 19.7 Å². The van der Waals surface area contributed by atoms with Gasteiger partial charge in [0, 0.05) is 30.3 Å². The predicted octanol–water partition coefficient (Wildman–Crippen LogP) is 1.63. The van der Waals surface area contributed by atoms with E-state index in [1.54, 1.807) is 18.0 Å². The fourth-order valence-electron chi connectivity index (χ4n) is 4.45. The molecule has 0 saturated heterocycles. The van der Waals surface area contributed by atoms with Gasteiger partial charge in [0.1, 0.15) is 35.1 Å². The molecule has 202 valence electrons. The molecule has 1 atom stereocenters. The molecular weight excluding hydrogens is 495 g/mol. The molecule has 0 aliphatic heterocycles. The van der Waals surface area contributed by atoms with Gasteiger partial charge in [-0.25, -0.2) is 23.7 Å². The molecule has 4 aromatic rings. The second kappa shape index (κ2) is 10.3. The van der Waals surface area contributed by atoms with Crippen LogP contribution in [0.15, 0.2) is 35.5 Å². The van der Waals surface area contributed by atoms with Gasteiger partial charge >= 0.3 is 0 Å². The SMILES string of the molecule is CC(c1cnn(C(C)(C)C)c(=O)c1N(CCO)CCO)n1nc(-c2cc(O)cc(F)c2)c2c(N)ncnc21. The van der Waals surface area contributed by atoms with Crippen molar-refractivity contribution in [2.24, 2.45) is 0 Å². The van der Waals surface area contributed by atoms with E-state index < -0.39 is 23.0 Å². The number of nitrogens with two attached hydrogens (primary N) is 1. The highest BCUT2D eigenvalue weighted by Crippen LogP contribution is 2.36. The normalized spacial score (nSPS) is 12.7. The third kappa shape index (κ3) is 4.89. The Kier molecular flexibility index (Phi) is 7.33. The van der Waals surface area contributed by atoms with Crippen LogP contribution >= 0.6 is 0 Å². The van der Waals surface area contributed by atoms with Crippen LogP contribution in [0.5, 0.6) is 5.75 Å². The van der Waals surface area contributed by atoms with Gasteiger partial charge in [-0.1, -0.05) is 0 Å². The lowest BCUT2D eigenvalue weighted by Gasteiger charge is -2.29. The summed E-state index contributed by atoms with van der Waals surface area (Å²) in [5.74, 6) is -0.838. The van der Waals surface area contributed by atoms with Crippen LogP contribution in [0.4, 0.5) is 15.9 Å². The van der Waals surface area contributed by atoms with Crippen molar-refractivity contribution in [3.8, 4) is 17.0 Å². The zero-order chi connectivity index (χ0) is 27.8. The lowest BCUT2D eigenvalue weighted by molar-refractivity contribution is 0.279.